The fraction of sp³-hybridized carbons (Fsp3) is 0.900. The first kappa shape index (κ1) is 18.4. The van der Waals surface area contributed by atoms with Gasteiger partial charge in [0, 0.05) is 6.42 Å². The summed E-state index contributed by atoms with van der Waals surface area (Å²) in [5, 5.41) is 0. The quantitative estimate of drug-likeness (QED) is 0.383. The Morgan fingerprint density at radius 3 is 1.80 bits per heavy atom. The monoisotopic (exact) mass is 286 g/mol. The summed E-state index contributed by atoms with van der Waals surface area (Å²) in [5.74, 6) is 2.26. The molecule has 0 fully saturated rings. The minimum Gasteiger partial charge on any atom is -0.303 e. The fourth-order valence-electron chi connectivity index (χ4n) is 0.712. The molecule has 0 amide bonds. The van der Waals surface area contributed by atoms with Crippen LogP contribution in [0.1, 0.15) is 12.8 Å². The minimum absolute atomic E-state index is 0.696. The smallest absolute Gasteiger partial charge is 0.120 e. The van der Waals surface area contributed by atoms with Gasteiger partial charge in [-0.05, 0) is 42.9 Å². The summed E-state index contributed by atoms with van der Waals surface area (Å²) in [4.78, 5) is 9.55. The molecule has 0 aromatic heterocycles. The lowest BCUT2D eigenvalue weighted by molar-refractivity contribution is -0.107. The van der Waals surface area contributed by atoms with Gasteiger partial charge in [0.25, 0.3) is 0 Å². The maximum Gasteiger partial charge on any atom is 0.120 e. The summed E-state index contributed by atoms with van der Waals surface area (Å²) >= 11 is 7.55. The van der Waals surface area contributed by atoms with Crippen LogP contribution in [0, 0.1) is 0 Å². The molecule has 0 rings (SSSR count). The van der Waals surface area contributed by atoms with Crippen molar-refractivity contribution in [1.29, 1.82) is 0 Å². The van der Waals surface area contributed by atoms with Gasteiger partial charge < -0.3 is 4.79 Å². The Kier molecular flexibility index (Phi) is 21.5. The molecule has 15 heavy (non-hydrogen) atoms. The third-order valence-electron chi connectivity index (χ3n) is 1.52. The van der Waals surface area contributed by atoms with Gasteiger partial charge in [0.05, 0.1) is 4.58 Å². The molecule has 0 aliphatic carbocycles. The molecular formula is C10H22OS4. The molecule has 1 nitrogen and oxygen atoms in total. The van der Waals surface area contributed by atoms with Crippen molar-refractivity contribution in [2.24, 2.45) is 0 Å². The third-order valence-corrected chi connectivity index (χ3v) is 5.49. The highest BCUT2D eigenvalue weighted by Crippen LogP contribution is 2.22. The first-order valence-corrected chi connectivity index (χ1v) is 10.1. The summed E-state index contributed by atoms with van der Waals surface area (Å²) in [5.41, 5.74) is 0. The van der Waals surface area contributed by atoms with E-state index in [1.54, 1.807) is 11.8 Å². The maximum absolute atomic E-state index is 9.55. The average Bonchev–Trinajstić information content (AvgIpc) is 2.29. The SMILES string of the molecule is CSCCC(SC)SC.CSCCC=O. The number of carbonyl (C=O) groups is 1. The van der Waals surface area contributed by atoms with Crippen LogP contribution < -0.4 is 0 Å². The Balaban J connectivity index is 0. The topological polar surface area (TPSA) is 17.1 Å². The molecule has 0 spiro atoms. The van der Waals surface area contributed by atoms with E-state index in [1.807, 2.05) is 41.5 Å². The van der Waals surface area contributed by atoms with E-state index in [0.717, 1.165) is 16.6 Å². The van der Waals surface area contributed by atoms with Crippen molar-refractivity contribution in [3.05, 3.63) is 0 Å². The second kappa shape index (κ2) is 17.5. The van der Waals surface area contributed by atoms with E-state index >= 15 is 0 Å². The number of aldehydes is 1. The molecule has 0 saturated heterocycles. The molecule has 0 aliphatic rings. The van der Waals surface area contributed by atoms with E-state index in [-0.39, 0.29) is 0 Å². The van der Waals surface area contributed by atoms with Gasteiger partial charge in [0.15, 0.2) is 0 Å². The van der Waals surface area contributed by atoms with Crippen LogP contribution in [-0.2, 0) is 4.79 Å². The summed E-state index contributed by atoms with van der Waals surface area (Å²) in [6, 6.07) is 0. The van der Waals surface area contributed by atoms with Crippen molar-refractivity contribution in [3.8, 4) is 0 Å². The number of rotatable bonds is 8. The summed E-state index contributed by atoms with van der Waals surface area (Å²) in [7, 11) is 0. The number of hydrogen-bond donors (Lipinski definition) is 0. The van der Waals surface area contributed by atoms with Crippen molar-refractivity contribution in [1.82, 2.24) is 0 Å². The summed E-state index contributed by atoms with van der Waals surface area (Å²) < 4.78 is 0.817. The molecule has 0 bridgehead atoms. The van der Waals surface area contributed by atoms with E-state index in [9.17, 15) is 4.79 Å². The Morgan fingerprint density at radius 2 is 1.53 bits per heavy atom. The van der Waals surface area contributed by atoms with E-state index in [2.05, 4.69) is 18.8 Å². The van der Waals surface area contributed by atoms with Crippen molar-refractivity contribution in [2.45, 2.75) is 17.4 Å². The van der Waals surface area contributed by atoms with Gasteiger partial charge in [-0.1, -0.05) is 0 Å². The van der Waals surface area contributed by atoms with E-state index in [4.69, 9.17) is 0 Å². The van der Waals surface area contributed by atoms with Crippen molar-refractivity contribution < 1.29 is 4.79 Å². The highest BCUT2D eigenvalue weighted by atomic mass is 32.2. The molecule has 0 N–H and O–H groups in total. The predicted molar refractivity (Wildman–Crippen MR) is 82.9 cm³/mol. The van der Waals surface area contributed by atoms with Gasteiger partial charge in [-0.25, -0.2) is 0 Å². The molecule has 0 aliphatic heterocycles. The zero-order valence-corrected chi connectivity index (χ0v) is 13.3. The third kappa shape index (κ3) is 17.7. The van der Waals surface area contributed by atoms with E-state index in [1.165, 1.54) is 12.2 Å². The lowest BCUT2D eigenvalue weighted by Gasteiger charge is -2.08. The van der Waals surface area contributed by atoms with Crippen LogP contribution in [0.4, 0.5) is 0 Å². The maximum atomic E-state index is 9.55. The lowest BCUT2D eigenvalue weighted by atomic mass is 10.6. The average molecular weight is 287 g/mol. The normalized spacial score (nSPS) is 9.67. The minimum atomic E-state index is 0.696. The van der Waals surface area contributed by atoms with Crippen molar-refractivity contribution in [2.75, 3.05) is 36.5 Å². The van der Waals surface area contributed by atoms with E-state index in [0.29, 0.717) is 6.42 Å². The van der Waals surface area contributed by atoms with E-state index < -0.39 is 0 Å². The number of carbonyl (C=O) groups excluding carboxylic acids is 1. The molecule has 0 atom stereocenters. The molecule has 0 saturated carbocycles. The Bertz CT molecular complexity index is 118. The second-order valence-electron chi connectivity index (χ2n) is 2.63. The first-order valence-electron chi connectivity index (χ1n) is 4.73. The molecule has 0 radical (unpaired) electrons. The molecular weight excluding hydrogens is 264 g/mol. The van der Waals surface area contributed by atoms with Crippen molar-refractivity contribution in [3.63, 3.8) is 0 Å². The van der Waals surface area contributed by atoms with Crippen LogP contribution in [0.15, 0.2) is 0 Å². The molecule has 92 valence electrons. The largest absolute Gasteiger partial charge is 0.303 e. The van der Waals surface area contributed by atoms with Crippen LogP contribution in [0.25, 0.3) is 0 Å². The van der Waals surface area contributed by atoms with Crippen LogP contribution in [0.2, 0.25) is 0 Å². The number of hydrogen-bond acceptors (Lipinski definition) is 5. The molecule has 0 aromatic carbocycles. The Labute approximate surface area is 112 Å². The molecule has 0 unspecified atom stereocenters. The highest BCUT2D eigenvalue weighted by Gasteiger charge is 2.01. The van der Waals surface area contributed by atoms with Gasteiger partial charge >= 0.3 is 0 Å². The van der Waals surface area contributed by atoms with Crippen LogP contribution >= 0.6 is 47.0 Å². The van der Waals surface area contributed by atoms with Gasteiger partial charge in [-0.15, -0.1) is 0 Å². The van der Waals surface area contributed by atoms with Crippen LogP contribution in [0.3, 0.4) is 0 Å². The molecule has 5 heteroatoms. The second-order valence-corrected chi connectivity index (χ2v) is 6.98. The van der Waals surface area contributed by atoms with Gasteiger partial charge in [-0.3, -0.25) is 0 Å². The summed E-state index contributed by atoms with van der Waals surface area (Å²) in [6.45, 7) is 0. The molecule has 0 aromatic rings. The first-order chi connectivity index (χ1) is 7.26. The van der Waals surface area contributed by atoms with Crippen LogP contribution in [0.5, 0.6) is 0 Å². The van der Waals surface area contributed by atoms with Gasteiger partial charge in [0.2, 0.25) is 0 Å². The zero-order valence-electron chi connectivity index (χ0n) is 10.0. The lowest BCUT2D eigenvalue weighted by Crippen LogP contribution is -1.95. The number of thioether (sulfide) groups is 4. The van der Waals surface area contributed by atoms with Gasteiger partial charge in [-0.2, -0.15) is 47.0 Å². The predicted octanol–water partition coefficient (Wildman–Crippen LogP) is 3.73. The Morgan fingerprint density at radius 1 is 1.00 bits per heavy atom. The highest BCUT2D eigenvalue weighted by molar-refractivity contribution is 8.16. The molecule has 0 heterocycles. The van der Waals surface area contributed by atoms with Crippen LogP contribution in [-0.4, -0.2) is 47.4 Å². The zero-order chi connectivity index (χ0) is 11.9. The fourth-order valence-corrected chi connectivity index (χ4v) is 3.29. The van der Waals surface area contributed by atoms with Crippen molar-refractivity contribution >= 4 is 53.3 Å². The summed E-state index contributed by atoms with van der Waals surface area (Å²) in [6.07, 6.45) is 11.5. The van der Waals surface area contributed by atoms with Gasteiger partial charge in [0.1, 0.15) is 6.29 Å². The Hall–Kier alpha value is 1.07. The standard InChI is InChI=1S/C6H14S3.C4H8OS/c1-7-5-4-6(8-2)9-3;1-6-4-2-3-5/h6H,4-5H2,1-3H3;3H,2,4H2,1H3.